The van der Waals surface area contributed by atoms with E-state index in [2.05, 4.69) is 0 Å². The van der Waals surface area contributed by atoms with Gasteiger partial charge in [-0.2, -0.15) is 0 Å². The van der Waals surface area contributed by atoms with E-state index in [0.717, 1.165) is 0 Å². The van der Waals surface area contributed by atoms with Crippen molar-refractivity contribution in [3.05, 3.63) is 46.3 Å². The van der Waals surface area contributed by atoms with Gasteiger partial charge in [0.25, 0.3) is 0 Å². The first-order valence-corrected chi connectivity index (χ1v) is 8.26. The molecule has 3 atom stereocenters. The molecule has 1 aromatic carbocycles. The third-order valence-corrected chi connectivity index (χ3v) is 3.97. The summed E-state index contributed by atoms with van der Waals surface area (Å²) in [6.07, 6.45) is -0.370. The Labute approximate surface area is 153 Å². The first-order chi connectivity index (χ1) is 12.9. The van der Waals surface area contributed by atoms with Crippen LogP contribution >= 0.6 is 0 Å². The van der Waals surface area contributed by atoms with E-state index in [1.807, 2.05) is 0 Å². The number of benzene rings is 1. The average Bonchev–Trinajstić information content (AvgIpc) is 2.64. The zero-order valence-electron chi connectivity index (χ0n) is 14.7. The zero-order chi connectivity index (χ0) is 19.6. The molecule has 0 saturated heterocycles. The molecule has 0 spiro atoms. The van der Waals surface area contributed by atoms with E-state index in [0.29, 0.717) is 11.0 Å². The number of ether oxygens (including phenoxy) is 3. The van der Waals surface area contributed by atoms with E-state index in [9.17, 15) is 19.5 Å². The van der Waals surface area contributed by atoms with Crippen LogP contribution in [0.25, 0.3) is 17.0 Å². The minimum Gasteiger partial charge on any atom is -0.481 e. The summed E-state index contributed by atoms with van der Waals surface area (Å²) in [5.41, 5.74) is 0.00342. The Balaban J connectivity index is 1.95. The molecular formula is C19H18O8. The highest BCUT2D eigenvalue weighted by Gasteiger charge is 2.35. The zero-order valence-corrected chi connectivity index (χ0v) is 14.7. The lowest BCUT2D eigenvalue weighted by Gasteiger charge is -2.31. The lowest BCUT2D eigenvalue weighted by molar-refractivity contribution is -0.164. The Morgan fingerprint density at radius 1 is 1.22 bits per heavy atom. The van der Waals surface area contributed by atoms with E-state index in [4.69, 9.17) is 18.6 Å². The van der Waals surface area contributed by atoms with Crippen molar-refractivity contribution >= 4 is 29.0 Å². The van der Waals surface area contributed by atoms with Gasteiger partial charge < -0.3 is 23.7 Å². The Hall–Kier alpha value is -3.13. The summed E-state index contributed by atoms with van der Waals surface area (Å²) in [6, 6.07) is 6.84. The molecule has 0 aliphatic carbocycles. The summed E-state index contributed by atoms with van der Waals surface area (Å²) in [4.78, 5) is 34.6. The molecular weight excluding hydrogens is 356 g/mol. The molecule has 27 heavy (non-hydrogen) atoms. The molecule has 2 heterocycles. The number of aliphatic hydroxyl groups excluding tert-OH is 1. The van der Waals surface area contributed by atoms with Gasteiger partial charge >= 0.3 is 17.6 Å². The number of hydrogen-bond donors (Lipinski definition) is 1. The molecule has 0 fully saturated rings. The number of fused-ring (bicyclic) bond motifs is 3. The second-order valence-corrected chi connectivity index (χ2v) is 6.01. The smallest absolute Gasteiger partial charge is 0.347 e. The minimum atomic E-state index is -1.32. The van der Waals surface area contributed by atoms with Crippen molar-refractivity contribution in [3.8, 4) is 5.75 Å². The summed E-state index contributed by atoms with van der Waals surface area (Å²) in [7, 11) is 0. The molecule has 8 heteroatoms. The lowest BCUT2D eigenvalue weighted by atomic mass is 10.0. The van der Waals surface area contributed by atoms with Crippen LogP contribution in [0.3, 0.4) is 0 Å². The molecule has 0 unspecified atom stereocenters. The number of esters is 2. The molecule has 1 N–H and O–H groups in total. The van der Waals surface area contributed by atoms with Gasteiger partial charge in [-0.3, -0.25) is 9.59 Å². The van der Waals surface area contributed by atoms with Crippen LogP contribution in [0.5, 0.6) is 5.75 Å². The van der Waals surface area contributed by atoms with Crippen LogP contribution in [0.1, 0.15) is 19.4 Å². The van der Waals surface area contributed by atoms with Crippen molar-refractivity contribution < 1.29 is 33.3 Å². The van der Waals surface area contributed by atoms with Crippen LogP contribution < -0.4 is 10.4 Å². The van der Waals surface area contributed by atoms with Crippen molar-refractivity contribution in [2.24, 2.45) is 0 Å². The molecule has 0 saturated carbocycles. The van der Waals surface area contributed by atoms with E-state index in [1.165, 1.54) is 26.0 Å². The number of rotatable bonds is 5. The highest BCUT2D eigenvalue weighted by atomic mass is 16.6. The maximum atomic E-state index is 12.2. The fraction of sp³-hybridized carbons (Fsp3) is 0.316. The Kier molecular flexibility index (Phi) is 5.27. The van der Waals surface area contributed by atoms with Gasteiger partial charge in [-0.1, -0.05) is 12.1 Å². The second kappa shape index (κ2) is 7.63. The number of carbonyl (C=O) groups is 2. The van der Waals surface area contributed by atoms with Crippen LogP contribution in [0.15, 0.2) is 39.6 Å². The van der Waals surface area contributed by atoms with Gasteiger partial charge in [0.2, 0.25) is 0 Å². The summed E-state index contributed by atoms with van der Waals surface area (Å²) in [5.74, 6) is -0.946. The van der Waals surface area contributed by atoms with Crippen molar-refractivity contribution in [2.75, 3.05) is 6.61 Å². The van der Waals surface area contributed by atoms with Gasteiger partial charge in [0.15, 0.2) is 12.2 Å². The van der Waals surface area contributed by atoms with Gasteiger partial charge in [0.1, 0.15) is 29.6 Å². The molecule has 0 amide bonds. The maximum absolute atomic E-state index is 12.2. The molecule has 8 nitrogen and oxygen atoms in total. The van der Waals surface area contributed by atoms with Gasteiger partial charge in [-0.05, 0) is 24.3 Å². The van der Waals surface area contributed by atoms with Gasteiger partial charge in [-0.25, -0.2) is 4.79 Å². The van der Waals surface area contributed by atoms with Crippen LogP contribution in [-0.2, 0) is 19.1 Å². The molecule has 142 valence electrons. The van der Waals surface area contributed by atoms with Crippen LogP contribution in [0.4, 0.5) is 0 Å². The van der Waals surface area contributed by atoms with E-state index in [-0.39, 0.29) is 17.9 Å². The molecule has 1 aromatic heterocycles. The monoisotopic (exact) mass is 374 g/mol. The predicted octanol–water partition coefficient (Wildman–Crippen LogP) is 1.42. The summed E-state index contributed by atoms with van der Waals surface area (Å²) in [6.45, 7) is 2.02. The minimum absolute atomic E-state index is 0.223. The normalized spacial score (nSPS) is 17.5. The summed E-state index contributed by atoms with van der Waals surface area (Å²) in [5, 5.41) is 10.9. The first-order valence-electron chi connectivity index (χ1n) is 8.26. The van der Waals surface area contributed by atoms with Crippen molar-refractivity contribution in [2.45, 2.75) is 32.2 Å². The third kappa shape index (κ3) is 4.01. The average molecular weight is 374 g/mol. The van der Waals surface area contributed by atoms with Crippen molar-refractivity contribution in [1.82, 2.24) is 0 Å². The fourth-order valence-corrected chi connectivity index (χ4v) is 2.80. The van der Waals surface area contributed by atoms with E-state index < -0.39 is 35.9 Å². The standard InChI is InChI=1S/C19H18O8/c1-10(20)24-9-14(22)18(25-11(2)21)16-8-7-13-17(26-16)12-5-3-4-6-15(12)27-19(13)23/h3-8,14,16,18,22H,9H2,1-2H3/t14-,16-,18+/m1/s1. The molecule has 3 rings (SSSR count). The Morgan fingerprint density at radius 3 is 2.67 bits per heavy atom. The van der Waals surface area contributed by atoms with Crippen LogP contribution in [-0.4, -0.2) is 42.0 Å². The first kappa shape index (κ1) is 18.7. The third-order valence-electron chi connectivity index (χ3n) is 3.97. The van der Waals surface area contributed by atoms with Crippen molar-refractivity contribution in [3.63, 3.8) is 0 Å². The van der Waals surface area contributed by atoms with Crippen LogP contribution in [0, 0.1) is 0 Å². The number of aliphatic hydroxyl groups is 1. The molecule has 0 radical (unpaired) electrons. The second-order valence-electron chi connectivity index (χ2n) is 6.01. The Morgan fingerprint density at radius 2 is 1.96 bits per heavy atom. The van der Waals surface area contributed by atoms with Gasteiger partial charge in [0.05, 0.1) is 5.39 Å². The van der Waals surface area contributed by atoms with Gasteiger partial charge in [-0.15, -0.1) is 0 Å². The highest BCUT2D eigenvalue weighted by molar-refractivity contribution is 5.87. The van der Waals surface area contributed by atoms with E-state index >= 15 is 0 Å². The van der Waals surface area contributed by atoms with Crippen LogP contribution in [0.2, 0.25) is 0 Å². The number of para-hydroxylation sites is 1. The molecule has 2 aromatic rings. The van der Waals surface area contributed by atoms with Gasteiger partial charge in [0, 0.05) is 13.8 Å². The predicted molar refractivity (Wildman–Crippen MR) is 94.1 cm³/mol. The van der Waals surface area contributed by atoms with Crippen molar-refractivity contribution in [1.29, 1.82) is 0 Å². The highest BCUT2D eigenvalue weighted by Crippen LogP contribution is 2.33. The number of hydrogen-bond acceptors (Lipinski definition) is 8. The maximum Gasteiger partial charge on any atom is 0.347 e. The molecule has 1 aliphatic heterocycles. The molecule has 1 aliphatic rings. The quantitative estimate of drug-likeness (QED) is 0.618. The van der Waals surface area contributed by atoms with E-state index in [1.54, 1.807) is 24.3 Å². The molecule has 0 bridgehead atoms. The SMILES string of the molecule is CC(=O)OC[C@@H](O)[C@H](OC(C)=O)[C@H]1C=Cc2c(c3ccccc3oc2=O)O1. The Bertz CT molecular complexity index is 958. The largest absolute Gasteiger partial charge is 0.481 e. The summed E-state index contributed by atoms with van der Waals surface area (Å²) < 4.78 is 21.1. The topological polar surface area (TPSA) is 112 Å². The lowest BCUT2D eigenvalue weighted by Crippen LogP contribution is -2.46. The number of carbonyl (C=O) groups excluding carboxylic acids is 2. The summed E-state index contributed by atoms with van der Waals surface area (Å²) >= 11 is 0. The fourth-order valence-electron chi connectivity index (χ4n) is 2.80.